The quantitative estimate of drug-likeness (QED) is 0.546. The molecule has 3 amide bonds. The molecule has 0 radical (unpaired) electrons. The molecule has 2 aromatic carbocycles. The highest BCUT2D eigenvalue weighted by molar-refractivity contribution is 6.22. The monoisotopic (exact) mass is 412 g/mol. The Labute approximate surface area is 172 Å². The molecule has 1 N–H and O–H groups in total. The molecule has 156 valence electrons. The van der Waals surface area contributed by atoms with Crippen molar-refractivity contribution in [3.63, 3.8) is 0 Å². The van der Waals surface area contributed by atoms with Crippen molar-refractivity contribution >= 4 is 29.4 Å². The van der Waals surface area contributed by atoms with E-state index in [1.54, 1.807) is 30.3 Å². The van der Waals surface area contributed by atoms with Crippen LogP contribution >= 0.6 is 0 Å². The zero-order chi connectivity index (χ0) is 21.8. The van der Waals surface area contributed by atoms with Crippen molar-refractivity contribution in [1.82, 2.24) is 4.90 Å². The molecule has 2 aromatic rings. The van der Waals surface area contributed by atoms with E-state index in [9.17, 15) is 19.2 Å². The summed E-state index contributed by atoms with van der Waals surface area (Å²) in [5, 5.41) is 2.56. The normalized spacial score (nSPS) is 13.5. The molecule has 0 unspecified atom stereocenters. The number of hydrogen-bond donors (Lipinski definition) is 1. The summed E-state index contributed by atoms with van der Waals surface area (Å²) in [6, 6.07) is 9.95. The number of anilines is 1. The third-order valence-corrected chi connectivity index (χ3v) is 4.58. The third kappa shape index (κ3) is 3.95. The summed E-state index contributed by atoms with van der Waals surface area (Å²) in [6.07, 6.45) is 0. The first-order valence-electron chi connectivity index (χ1n) is 9.02. The maximum atomic E-state index is 12.5. The van der Waals surface area contributed by atoms with E-state index in [-0.39, 0.29) is 11.1 Å². The van der Waals surface area contributed by atoms with Gasteiger partial charge in [-0.3, -0.25) is 19.3 Å². The van der Waals surface area contributed by atoms with Gasteiger partial charge in [-0.15, -0.1) is 0 Å². The zero-order valence-corrected chi connectivity index (χ0v) is 16.6. The van der Waals surface area contributed by atoms with E-state index < -0.39 is 36.3 Å². The first-order chi connectivity index (χ1) is 14.4. The van der Waals surface area contributed by atoms with Crippen molar-refractivity contribution in [2.45, 2.75) is 13.0 Å². The summed E-state index contributed by atoms with van der Waals surface area (Å²) in [7, 11) is 2.93. The van der Waals surface area contributed by atoms with Gasteiger partial charge in [0.2, 0.25) is 0 Å². The molecule has 0 aromatic heterocycles. The fraction of sp³-hybridized carbons (Fsp3) is 0.238. The fourth-order valence-electron chi connectivity index (χ4n) is 3.02. The highest BCUT2D eigenvalue weighted by atomic mass is 16.5. The number of fused-ring (bicyclic) bond motifs is 1. The van der Waals surface area contributed by atoms with Crippen LogP contribution in [0, 0.1) is 0 Å². The minimum Gasteiger partial charge on any atom is -0.497 e. The topological polar surface area (TPSA) is 111 Å². The number of benzene rings is 2. The van der Waals surface area contributed by atoms with Crippen LogP contribution in [0.15, 0.2) is 42.5 Å². The van der Waals surface area contributed by atoms with E-state index >= 15 is 0 Å². The predicted octanol–water partition coefficient (Wildman–Crippen LogP) is 1.87. The second-order valence-electron chi connectivity index (χ2n) is 6.42. The SMILES string of the molecule is COc1ccc(OC)c(NC(=O)COC(=O)[C@@H](C)N2C(=O)c3ccccc3C2=O)c1. The second-order valence-corrected chi connectivity index (χ2v) is 6.42. The molecular formula is C21H20N2O7. The van der Waals surface area contributed by atoms with Crippen molar-refractivity contribution in [2.75, 3.05) is 26.1 Å². The number of amides is 3. The summed E-state index contributed by atoms with van der Waals surface area (Å²) < 4.78 is 15.3. The van der Waals surface area contributed by atoms with Crippen LogP contribution in [0.4, 0.5) is 5.69 Å². The van der Waals surface area contributed by atoms with Gasteiger partial charge in [0.25, 0.3) is 17.7 Å². The number of carbonyl (C=O) groups is 4. The van der Waals surface area contributed by atoms with Gasteiger partial charge in [0.15, 0.2) is 6.61 Å². The Morgan fingerprint density at radius 2 is 1.63 bits per heavy atom. The highest BCUT2D eigenvalue weighted by Crippen LogP contribution is 2.29. The van der Waals surface area contributed by atoms with E-state index in [4.69, 9.17) is 14.2 Å². The molecule has 30 heavy (non-hydrogen) atoms. The molecule has 0 aliphatic carbocycles. The Bertz CT molecular complexity index is 983. The fourth-order valence-corrected chi connectivity index (χ4v) is 3.02. The number of imide groups is 1. The molecule has 0 saturated heterocycles. The van der Waals surface area contributed by atoms with Crippen molar-refractivity contribution in [1.29, 1.82) is 0 Å². The maximum absolute atomic E-state index is 12.5. The predicted molar refractivity (Wildman–Crippen MR) is 106 cm³/mol. The molecule has 0 saturated carbocycles. The van der Waals surface area contributed by atoms with Crippen LogP contribution in [0.25, 0.3) is 0 Å². The summed E-state index contributed by atoms with van der Waals surface area (Å²) in [5.74, 6) is -1.75. The largest absolute Gasteiger partial charge is 0.497 e. The molecule has 1 atom stereocenters. The maximum Gasteiger partial charge on any atom is 0.329 e. The van der Waals surface area contributed by atoms with Crippen LogP contribution < -0.4 is 14.8 Å². The van der Waals surface area contributed by atoms with Gasteiger partial charge in [-0.2, -0.15) is 0 Å². The average Bonchev–Trinajstić information content (AvgIpc) is 3.01. The second kappa shape index (κ2) is 8.64. The standard InChI is InChI=1S/C21H20N2O7/c1-12(23-19(25)14-6-4-5-7-15(14)20(23)26)21(27)30-11-18(24)22-16-10-13(28-2)8-9-17(16)29-3/h4-10,12H,11H2,1-3H3,(H,22,24)/t12-/m1/s1. The summed E-state index contributed by atoms with van der Waals surface area (Å²) in [5.41, 5.74) is 0.793. The molecule has 9 nitrogen and oxygen atoms in total. The van der Waals surface area contributed by atoms with Crippen molar-refractivity contribution in [3.8, 4) is 11.5 Å². The number of esters is 1. The number of hydrogen-bond acceptors (Lipinski definition) is 7. The molecule has 9 heteroatoms. The molecule has 1 heterocycles. The Hall–Kier alpha value is -3.88. The Kier molecular flexibility index (Phi) is 6.01. The van der Waals surface area contributed by atoms with Crippen molar-refractivity contribution in [2.24, 2.45) is 0 Å². The van der Waals surface area contributed by atoms with Gasteiger partial charge in [0, 0.05) is 6.07 Å². The van der Waals surface area contributed by atoms with Gasteiger partial charge in [-0.05, 0) is 31.2 Å². The highest BCUT2D eigenvalue weighted by Gasteiger charge is 2.41. The van der Waals surface area contributed by atoms with Crippen LogP contribution in [0.2, 0.25) is 0 Å². The molecule has 3 rings (SSSR count). The van der Waals surface area contributed by atoms with E-state index in [1.807, 2.05) is 0 Å². The summed E-state index contributed by atoms with van der Waals surface area (Å²) in [6.45, 7) is 0.764. The molecule has 0 fully saturated rings. The number of carbonyl (C=O) groups excluding carboxylic acids is 4. The summed E-state index contributed by atoms with van der Waals surface area (Å²) in [4.78, 5) is 50.3. The van der Waals surface area contributed by atoms with Gasteiger partial charge < -0.3 is 19.5 Å². The van der Waals surface area contributed by atoms with Crippen molar-refractivity contribution in [3.05, 3.63) is 53.6 Å². The number of ether oxygens (including phenoxy) is 3. The molecular weight excluding hydrogens is 392 g/mol. The smallest absolute Gasteiger partial charge is 0.329 e. The molecule has 0 bridgehead atoms. The van der Waals surface area contributed by atoms with Gasteiger partial charge in [0.05, 0.1) is 31.0 Å². The van der Waals surface area contributed by atoms with Crippen LogP contribution in [0.5, 0.6) is 11.5 Å². The summed E-state index contributed by atoms with van der Waals surface area (Å²) >= 11 is 0. The third-order valence-electron chi connectivity index (χ3n) is 4.58. The lowest BCUT2D eigenvalue weighted by Crippen LogP contribution is -2.44. The Morgan fingerprint density at radius 1 is 1.00 bits per heavy atom. The lowest BCUT2D eigenvalue weighted by Gasteiger charge is -2.20. The zero-order valence-electron chi connectivity index (χ0n) is 16.6. The minimum absolute atomic E-state index is 0.227. The average molecular weight is 412 g/mol. The number of rotatable bonds is 7. The van der Waals surface area contributed by atoms with E-state index in [0.29, 0.717) is 17.2 Å². The number of methoxy groups -OCH3 is 2. The lowest BCUT2D eigenvalue weighted by atomic mass is 10.1. The Balaban J connectivity index is 1.61. The van der Waals surface area contributed by atoms with Gasteiger partial charge in [-0.25, -0.2) is 4.79 Å². The Morgan fingerprint density at radius 3 is 2.20 bits per heavy atom. The van der Waals surface area contributed by atoms with E-state index in [2.05, 4.69) is 5.32 Å². The van der Waals surface area contributed by atoms with Crippen LogP contribution in [-0.4, -0.2) is 55.5 Å². The van der Waals surface area contributed by atoms with Crippen LogP contribution in [0.1, 0.15) is 27.6 Å². The number of nitrogens with one attached hydrogen (secondary N) is 1. The molecule has 1 aliphatic heterocycles. The minimum atomic E-state index is -1.18. The first-order valence-corrected chi connectivity index (χ1v) is 9.02. The lowest BCUT2D eigenvalue weighted by molar-refractivity contribution is -0.150. The van der Waals surface area contributed by atoms with Crippen LogP contribution in [0.3, 0.4) is 0 Å². The number of nitrogens with zero attached hydrogens (tertiary/aromatic N) is 1. The van der Waals surface area contributed by atoms with Crippen LogP contribution in [-0.2, 0) is 14.3 Å². The van der Waals surface area contributed by atoms with Gasteiger partial charge in [0.1, 0.15) is 17.5 Å². The van der Waals surface area contributed by atoms with Gasteiger partial charge in [-0.1, -0.05) is 12.1 Å². The van der Waals surface area contributed by atoms with Crippen molar-refractivity contribution < 1.29 is 33.4 Å². The molecule has 1 aliphatic rings. The first kappa shape index (κ1) is 20.8. The van der Waals surface area contributed by atoms with Gasteiger partial charge >= 0.3 is 5.97 Å². The molecule has 0 spiro atoms. The van der Waals surface area contributed by atoms with E-state index in [1.165, 1.54) is 33.3 Å². The van der Waals surface area contributed by atoms with E-state index in [0.717, 1.165) is 4.90 Å².